The Morgan fingerprint density at radius 2 is 1.40 bits per heavy atom. The molecule has 0 saturated heterocycles. The van der Waals surface area contributed by atoms with Crippen molar-refractivity contribution in [2.45, 2.75) is 117 Å². The van der Waals surface area contributed by atoms with Gasteiger partial charge >= 0.3 is 0 Å². The Morgan fingerprint density at radius 1 is 0.800 bits per heavy atom. The van der Waals surface area contributed by atoms with Gasteiger partial charge in [0, 0.05) is 23.7 Å². The number of hydrogen-bond acceptors (Lipinski definition) is 3. The van der Waals surface area contributed by atoms with E-state index >= 15 is 0 Å². The fraction of sp³-hybridized carbons (Fsp3) is 0.514. The summed E-state index contributed by atoms with van der Waals surface area (Å²) in [5.41, 5.74) is 7.60. The molecular formula is C35H50N4O. The van der Waals surface area contributed by atoms with E-state index in [1.807, 2.05) is 47.3 Å². The van der Waals surface area contributed by atoms with Gasteiger partial charge in [0.15, 0.2) is 0 Å². The van der Waals surface area contributed by atoms with E-state index in [1.165, 1.54) is 89.0 Å². The first-order valence-corrected chi connectivity index (χ1v) is 15.7. The second-order valence-corrected chi connectivity index (χ2v) is 11.1. The van der Waals surface area contributed by atoms with E-state index in [4.69, 9.17) is 5.10 Å². The summed E-state index contributed by atoms with van der Waals surface area (Å²) in [7, 11) is 0. The Bertz CT molecular complexity index is 1140. The predicted molar refractivity (Wildman–Crippen MR) is 169 cm³/mol. The second kappa shape index (κ2) is 19.0. The van der Waals surface area contributed by atoms with E-state index in [0.29, 0.717) is 6.42 Å². The number of benzene rings is 2. The average Bonchev–Trinajstić information content (AvgIpc) is 3.40. The summed E-state index contributed by atoms with van der Waals surface area (Å²) < 4.78 is 1.86. The minimum absolute atomic E-state index is 0.0292. The molecule has 0 aliphatic carbocycles. The highest BCUT2D eigenvalue weighted by Gasteiger charge is 2.11. The Labute approximate surface area is 242 Å². The van der Waals surface area contributed by atoms with Crippen molar-refractivity contribution in [3.05, 3.63) is 71.9 Å². The highest BCUT2D eigenvalue weighted by Crippen LogP contribution is 2.23. The maximum atomic E-state index is 12.3. The molecule has 1 N–H and O–H groups in total. The Hall–Kier alpha value is -3.21. The number of hydrogen-bond donors (Lipinski definition) is 1. The Balaban J connectivity index is 1.32. The topological polar surface area (TPSA) is 59.3 Å². The van der Waals surface area contributed by atoms with Crippen molar-refractivity contribution in [2.75, 3.05) is 0 Å². The van der Waals surface area contributed by atoms with Crippen molar-refractivity contribution in [1.29, 1.82) is 0 Å². The molecule has 3 aromatic rings. The summed E-state index contributed by atoms with van der Waals surface area (Å²) in [6, 6.07) is 18.3. The number of aryl methyl sites for hydroxylation is 1. The van der Waals surface area contributed by atoms with Crippen molar-refractivity contribution in [3.63, 3.8) is 0 Å². The van der Waals surface area contributed by atoms with Crippen LogP contribution in [0.3, 0.4) is 0 Å². The summed E-state index contributed by atoms with van der Waals surface area (Å²) in [5, 5.41) is 9.09. The first-order chi connectivity index (χ1) is 19.7. The van der Waals surface area contributed by atoms with E-state index in [2.05, 4.69) is 42.6 Å². The second-order valence-electron chi connectivity index (χ2n) is 11.1. The fourth-order valence-corrected chi connectivity index (χ4v) is 5.10. The third-order valence-corrected chi connectivity index (χ3v) is 7.46. The zero-order valence-electron chi connectivity index (χ0n) is 24.9. The predicted octanol–water partition coefficient (Wildman–Crippen LogP) is 9.56. The first-order valence-electron chi connectivity index (χ1n) is 15.7. The number of unbranched alkanes of at least 4 members (excludes halogenated alkanes) is 14. The smallest absolute Gasteiger partial charge is 0.240 e. The number of aromatic nitrogens is 2. The van der Waals surface area contributed by atoms with Gasteiger partial charge in [0.2, 0.25) is 5.91 Å². The molecular weight excluding hydrogens is 492 g/mol. The molecule has 0 fully saturated rings. The van der Waals surface area contributed by atoms with Crippen molar-refractivity contribution < 1.29 is 4.79 Å². The minimum Gasteiger partial charge on any atom is -0.273 e. The third-order valence-electron chi connectivity index (χ3n) is 7.46. The quantitative estimate of drug-likeness (QED) is 0.0878. The molecule has 1 amide bonds. The van der Waals surface area contributed by atoms with Gasteiger partial charge in [-0.15, -0.1) is 0 Å². The number of amides is 1. The zero-order chi connectivity index (χ0) is 28.3. The lowest BCUT2D eigenvalue weighted by Gasteiger charge is -2.03. The van der Waals surface area contributed by atoms with E-state index < -0.39 is 0 Å². The number of para-hydroxylation sites is 1. The lowest BCUT2D eigenvalue weighted by atomic mass is 10.0. The molecule has 216 valence electrons. The van der Waals surface area contributed by atoms with Gasteiger partial charge in [0.25, 0.3) is 0 Å². The van der Waals surface area contributed by atoms with E-state index in [0.717, 1.165) is 35.3 Å². The summed E-state index contributed by atoms with van der Waals surface area (Å²) >= 11 is 0. The van der Waals surface area contributed by atoms with Gasteiger partial charge in [-0.2, -0.15) is 10.2 Å². The molecule has 0 unspecified atom stereocenters. The molecule has 0 spiro atoms. The summed E-state index contributed by atoms with van der Waals surface area (Å²) in [4.78, 5) is 12.3. The molecule has 3 rings (SSSR count). The largest absolute Gasteiger partial charge is 0.273 e. The molecule has 0 saturated carbocycles. The van der Waals surface area contributed by atoms with Crippen LogP contribution < -0.4 is 5.43 Å². The van der Waals surface area contributed by atoms with Crippen LogP contribution in [-0.2, 0) is 4.79 Å². The van der Waals surface area contributed by atoms with Gasteiger partial charge in [-0.1, -0.05) is 139 Å². The van der Waals surface area contributed by atoms with Crippen molar-refractivity contribution in [1.82, 2.24) is 15.2 Å². The molecule has 0 atom stereocenters. The molecule has 5 heteroatoms. The van der Waals surface area contributed by atoms with Crippen LogP contribution in [0.5, 0.6) is 0 Å². The standard InChI is InChI=1S/C35H50N4O/c1-3-4-5-6-7-8-9-10-11-12-13-14-15-16-20-26-34(40)37-36-28-32-29-39(33-24-18-17-19-25-33)38-35(32)31-23-21-22-30(2)27-31/h17-19,21-25,27-29H,3-16,20,26H2,1-2H3,(H,37,40)/b36-28-. The monoisotopic (exact) mass is 542 g/mol. The van der Waals surface area contributed by atoms with E-state index in [1.54, 1.807) is 6.21 Å². The molecule has 1 aromatic heterocycles. The third kappa shape index (κ3) is 11.9. The molecule has 40 heavy (non-hydrogen) atoms. The van der Waals surface area contributed by atoms with Gasteiger partial charge in [-0.25, -0.2) is 10.1 Å². The number of carbonyl (C=O) groups is 1. The van der Waals surface area contributed by atoms with Crippen LogP contribution in [0.15, 0.2) is 65.9 Å². The van der Waals surface area contributed by atoms with Crippen LogP contribution in [0.4, 0.5) is 0 Å². The first kappa shape index (κ1) is 31.3. The lowest BCUT2D eigenvalue weighted by Crippen LogP contribution is -2.16. The van der Waals surface area contributed by atoms with E-state index in [9.17, 15) is 4.79 Å². The van der Waals surface area contributed by atoms with Crippen molar-refractivity contribution >= 4 is 12.1 Å². The van der Waals surface area contributed by atoms with E-state index in [-0.39, 0.29) is 5.91 Å². The van der Waals surface area contributed by atoms with Gasteiger partial charge in [0.1, 0.15) is 5.69 Å². The summed E-state index contributed by atoms with van der Waals surface area (Å²) in [5.74, 6) is -0.0292. The van der Waals surface area contributed by atoms with Crippen LogP contribution >= 0.6 is 0 Å². The maximum absolute atomic E-state index is 12.3. The molecule has 0 aliphatic rings. The normalized spacial score (nSPS) is 11.3. The molecule has 0 aliphatic heterocycles. The SMILES string of the molecule is CCCCCCCCCCCCCCCCCC(=O)N/N=C\c1cn(-c2ccccc2)nc1-c1cccc(C)c1. The molecule has 0 radical (unpaired) electrons. The van der Waals surface area contributed by atoms with Crippen LogP contribution in [0.1, 0.15) is 121 Å². The average molecular weight is 543 g/mol. The number of carbonyl (C=O) groups excluding carboxylic acids is 1. The van der Waals surface area contributed by atoms with Gasteiger partial charge < -0.3 is 0 Å². The van der Waals surface area contributed by atoms with Crippen molar-refractivity contribution in [3.8, 4) is 16.9 Å². The van der Waals surface area contributed by atoms with Crippen LogP contribution in [-0.4, -0.2) is 21.9 Å². The Morgan fingerprint density at radius 3 is 2.00 bits per heavy atom. The van der Waals surface area contributed by atoms with Crippen LogP contribution in [0.2, 0.25) is 0 Å². The summed E-state index contributed by atoms with van der Waals surface area (Å²) in [6.45, 7) is 4.35. The molecule has 2 aromatic carbocycles. The highest BCUT2D eigenvalue weighted by molar-refractivity contribution is 5.89. The van der Waals surface area contributed by atoms with Gasteiger partial charge in [-0.05, 0) is 31.5 Å². The van der Waals surface area contributed by atoms with Crippen LogP contribution in [0, 0.1) is 6.92 Å². The van der Waals surface area contributed by atoms with Gasteiger partial charge in [0.05, 0.1) is 11.9 Å². The summed E-state index contributed by atoms with van der Waals surface area (Å²) in [6.07, 6.45) is 24.0. The highest BCUT2D eigenvalue weighted by atomic mass is 16.2. The number of hydrazone groups is 1. The number of rotatable bonds is 20. The van der Waals surface area contributed by atoms with Crippen LogP contribution in [0.25, 0.3) is 16.9 Å². The van der Waals surface area contributed by atoms with Crippen molar-refractivity contribution in [2.24, 2.45) is 5.10 Å². The fourth-order valence-electron chi connectivity index (χ4n) is 5.10. The molecule has 5 nitrogen and oxygen atoms in total. The lowest BCUT2D eigenvalue weighted by molar-refractivity contribution is -0.121. The minimum atomic E-state index is -0.0292. The zero-order valence-corrected chi connectivity index (χ0v) is 24.9. The maximum Gasteiger partial charge on any atom is 0.240 e. The van der Waals surface area contributed by atoms with Gasteiger partial charge in [-0.3, -0.25) is 4.79 Å². The number of nitrogens with one attached hydrogen (secondary N) is 1. The number of nitrogens with zero attached hydrogens (tertiary/aromatic N) is 3. The molecule has 0 bridgehead atoms. The Kier molecular flexibility index (Phi) is 14.9. The molecule has 1 heterocycles.